The Morgan fingerprint density at radius 1 is 0.471 bits per heavy atom. The van der Waals surface area contributed by atoms with Crippen LogP contribution in [0.2, 0.25) is 15.1 Å². The molecule has 0 saturated carbocycles. The number of halogens is 6. The molecule has 3 atom stereocenters. The maximum Gasteiger partial charge on any atom is 0.319 e. The number of anilines is 4. The number of nitrogens with one attached hydrogen (secondary N) is 1. The minimum atomic E-state index is -0.631. The number of aryl methyl sites for hydroxylation is 1. The Balaban J connectivity index is 0.000000157. The van der Waals surface area contributed by atoms with Crippen molar-refractivity contribution in [2.45, 2.75) is 96.3 Å². The van der Waals surface area contributed by atoms with Gasteiger partial charge in [0.05, 0.1) is 23.7 Å². The summed E-state index contributed by atoms with van der Waals surface area (Å²) in [5.41, 5.74) is 6.30. The first-order valence-electron chi connectivity index (χ1n) is 40.5. The maximum atomic E-state index is 16.6. The van der Waals surface area contributed by atoms with Crippen LogP contribution in [-0.2, 0) is 54.5 Å². The highest BCUT2D eigenvalue weighted by Crippen LogP contribution is 2.47. The topological polar surface area (TPSA) is 291 Å². The van der Waals surface area contributed by atoms with Crippen LogP contribution in [0.4, 0.5) is 36.6 Å². The normalized spacial score (nSPS) is 16.9. The zero-order valence-corrected chi connectivity index (χ0v) is 71.3. The van der Waals surface area contributed by atoms with Crippen LogP contribution in [0.1, 0.15) is 127 Å². The number of hydrogen-bond donors (Lipinski definition) is 4. The number of fused-ring (bicyclic) bond motifs is 6. The Morgan fingerprint density at radius 3 is 1.24 bits per heavy atom. The molecular weight excluding hydrogens is 1620 g/mol. The zero-order chi connectivity index (χ0) is 86.4. The van der Waals surface area contributed by atoms with Crippen LogP contribution in [-0.4, -0.2) is 244 Å². The van der Waals surface area contributed by atoms with Crippen LogP contribution in [0, 0.1) is 17.5 Å². The van der Waals surface area contributed by atoms with E-state index in [2.05, 4.69) is 25.3 Å². The van der Waals surface area contributed by atoms with Crippen LogP contribution in [0.3, 0.4) is 0 Å². The number of aliphatic hydroxyl groups excluding tert-OH is 3. The van der Waals surface area contributed by atoms with Gasteiger partial charge in [0.2, 0.25) is 41.4 Å². The standard InChI is InChI=1S/C30H34ClFN6O3.C30H33ClFN5O3.C29H31ClFN5O4/c1-4-24(40)37-11-13-38(14-12-37)29-22-17-23(31)26(21-16-19(39)15-18-7-5-6-8-20(18)21)27(32)28(22)34-30(35-29)33-10-9-25(41)36(2)3;1-18(38)36-11-13-37(14-12-36)30-23-17-24(31)27(22-16-20(39)15-19-7-4-5-8-21(19)22)28(32)29(23)33-25(34-30)9-6-10-26(40)35(2)3;1-17(37)35-9-11-36(12-10-35)28-22-16-23(30)25(21-15-19(38)14-18-6-4-5-7-20(18)21)26(31)27(22)32-29(33-28)40-13-8-24(39)34(2)3/h5-8,16-17,21,39H,4,9-15H2,1-3H3,(H,33,34,35);4-5,7-8,16-17,22,39H,6,9-15H2,1-3H3;4-7,15-16,21,38H,8-14H2,1-3H3/t21-;22-;21-/m000/s1. The molecule has 6 aliphatic rings. The number of aromatic nitrogens is 6. The maximum absolute atomic E-state index is 16.6. The van der Waals surface area contributed by atoms with E-state index in [1.807, 2.05) is 99.3 Å². The van der Waals surface area contributed by atoms with Crippen molar-refractivity contribution in [1.82, 2.24) is 59.3 Å². The number of rotatable bonds is 19. The predicted octanol–water partition coefficient (Wildman–Crippen LogP) is 13.2. The molecule has 3 saturated heterocycles. The van der Waals surface area contributed by atoms with Gasteiger partial charge in [-0.3, -0.25) is 28.8 Å². The first kappa shape index (κ1) is 87.3. The van der Waals surface area contributed by atoms with Gasteiger partial charge in [-0.2, -0.15) is 15.0 Å². The van der Waals surface area contributed by atoms with Crippen molar-refractivity contribution in [3.63, 3.8) is 0 Å². The molecule has 3 aliphatic heterocycles. The van der Waals surface area contributed by atoms with Gasteiger partial charge in [0.1, 0.15) is 46.4 Å². The van der Waals surface area contributed by atoms with E-state index in [1.165, 1.54) is 16.7 Å². The Bertz CT molecular complexity index is 5370. The lowest BCUT2D eigenvalue weighted by Crippen LogP contribution is -2.49. The molecule has 3 aliphatic carbocycles. The second-order valence-electron chi connectivity index (χ2n) is 31.3. The minimum absolute atomic E-state index is 0.00387. The van der Waals surface area contributed by atoms with Gasteiger partial charge in [0.25, 0.3) is 0 Å². The number of hydrogen-bond acceptors (Lipinski definition) is 20. The molecule has 3 aromatic heterocycles. The molecule has 0 spiro atoms. The number of amides is 6. The van der Waals surface area contributed by atoms with Crippen LogP contribution >= 0.6 is 34.8 Å². The van der Waals surface area contributed by atoms with Gasteiger partial charge in [-0.25, -0.2) is 28.1 Å². The van der Waals surface area contributed by atoms with E-state index >= 15 is 13.2 Å². The molecule has 636 valence electrons. The van der Waals surface area contributed by atoms with E-state index in [-0.39, 0.29) is 139 Å². The molecule has 6 heterocycles. The van der Waals surface area contributed by atoms with Crippen molar-refractivity contribution >= 4 is 126 Å². The molecule has 0 bridgehead atoms. The van der Waals surface area contributed by atoms with E-state index in [1.54, 1.807) is 100 Å². The molecule has 26 nitrogen and oxygen atoms in total. The molecule has 9 aromatic rings. The van der Waals surface area contributed by atoms with Gasteiger partial charge in [0, 0.05) is 252 Å². The van der Waals surface area contributed by atoms with E-state index in [0.29, 0.717) is 163 Å². The molecule has 4 N–H and O–H groups in total. The van der Waals surface area contributed by atoms with Crippen molar-refractivity contribution in [2.24, 2.45) is 0 Å². The van der Waals surface area contributed by atoms with Crippen LogP contribution in [0.5, 0.6) is 6.01 Å². The van der Waals surface area contributed by atoms with E-state index in [0.717, 1.165) is 33.4 Å². The predicted molar refractivity (Wildman–Crippen MR) is 462 cm³/mol. The highest BCUT2D eigenvalue weighted by Gasteiger charge is 2.36. The van der Waals surface area contributed by atoms with Gasteiger partial charge >= 0.3 is 6.01 Å². The van der Waals surface area contributed by atoms with Crippen molar-refractivity contribution < 1.29 is 62.0 Å². The van der Waals surface area contributed by atoms with E-state index in [9.17, 15) is 44.1 Å². The number of aliphatic hydroxyl groups is 3. The third-order valence-corrected chi connectivity index (χ3v) is 23.7. The number of benzene rings is 6. The van der Waals surface area contributed by atoms with Gasteiger partial charge in [-0.15, -0.1) is 0 Å². The number of carbonyl (C=O) groups excluding carboxylic acids is 6. The van der Waals surface area contributed by atoms with Gasteiger partial charge in [0.15, 0.2) is 17.5 Å². The summed E-state index contributed by atoms with van der Waals surface area (Å²) in [6.45, 7) is 11.4. The van der Waals surface area contributed by atoms with Gasteiger partial charge in [-0.05, 0) is 76.2 Å². The summed E-state index contributed by atoms with van der Waals surface area (Å²) in [4.78, 5) is 116. The lowest BCUT2D eigenvalue weighted by Gasteiger charge is -2.36. The first-order valence-corrected chi connectivity index (χ1v) is 41.6. The molecule has 15 rings (SSSR count). The van der Waals surface area contributed by atoms with Gasteiger partial charge in [-0.1, -0.05) is 115 Å². The summed E-state index contributed by atoms with van der Waals surface area (Å²) >= 11 is 20.4. The largest absolute Gasteiger partial charge is 0.512 e. The summed E-state index contributed by atoms with van der Waals surface area (Å²) in [5.74, 6) is -1.01. The number of nitrogens with zero attached hydrogens (tertiary/aromatic N) is 15. The fourth-order valence-corrected chi connectivity index (χ4v) is 17.1. The SMILES string of the molecule is CC(=O)N1CCN(c2nc(CCCC(=O)N(C)C)nc3c(F)c([C@H]4C=C(O)Cc5ccccc54)c(Cl)cc23)CC1.CC(=O)N1CCN(c2nc(OCCC(=O)N(C)C)nc3c(F)c([C@H]4C=C(O)Cc5ccccc54)c(Cl)cc23)CC1.CCC(=O)N1CCN(c2nc(NCCC(=O)N(C)C)nc3c(F)c([C@H]4C=C(O)Cc5ccccc54)c(Cl)cc23)CC1. The Labute approximate surface area is 714 Å². The highest BCUT2D eigenvalue weighted by atomic mass is 35.5. The summed E-state index contributed by atoms with van der Waals surface area (Å²) in [7, 11) is 10.1. The molecule has 32 heteroatoms. The fourth-order valence-electron chi connectivity index (χ4n) is 16.2. The zero-order valence-electron chi connectivity index (χ0n) is 69.1. The molecule has 6 aromatic carbocycles. The second-order valence-corrected chi connectivity index (χ2v) is 32.6. The Morgan fingerprint density at radius 2 is 0.835 bits per heavy atom. The minimum Gasteiger partial charge on any atom is -0.512 e. The molecule has 121 heavy (non-hydrogen) atoms. The molecule has 6 amide bonds. The van der Waals surface area contributed by atoms with Crippen molar-refractivity contribution in [2.75, 3.05) is 154 Å². The highest BCUT2D eigenvalue weighted by molar-refractivity contribution is 6.33. The lowest BCUT2D eigenvalue weighted by molar-refractivity contribution is -0.131. The van der Waals surface area contributed by atoms with Crippen LogP contribution < -0.4 is 24.8 Å². The van der Waals surface area contributed by atoms with E-state index < -0.39 is 35.2 Å². The third kappa shape index (κ3) is 19.4. The van der Waals surface area contributed by atoms with E-state index in [4.69, 9.17) is 49.5 Å². The van der Waals surface area contributed by atoms with Gasteiger partial charge < -0.3 is 69.5 Å². The Kier molecular flexibility index (Phi) is 27.4. The van der Waals surface area contributed by atoms with Crippen molar-refractivity contribution in [3.8, 4) is 6.01 Å². The van der Waals surface area contributed by atoms with Crippen LogP contribution in [0.15, 0.2) is 127 Å². The summed E-state index contributed by atoms with van der Waals surface area (Å²) < 4.78 is 55.4. The number of carbonyl (C=O) groups is 6. The average molecular weight is 1720 g/mol. The number of allylic oxidation sites excluding steroid dienone is 6. The van der Waals surface area contributed by atoms with Crippen molar-refractivity contribution in [3.05, 3.63) is 215 Å². The first-order chi connectivity index (χ1) is 57.9. The Hall–Kier alpha value is -11.6. The molecule has 3 fully saturated rings. The second kappa shape index (κ2) is 38.0. The fraction of sp³-hybridized carbons (Fsp3) is 0.393. The molecule has 0 radical (unpaired) electrons. The monoisotopic (exact) mass is 1710 g/mol. The quantitative estimate of drug-likeness (QED) is 0.0585. The smallest absolute Gasteiger partial charge is 0.319 e. The number of piperazine rings is 3. The number of ether oxygens (including phenoxy) is 1. The van der Waals surface area contributed by atoms with Crippen molar-refractivity contribution in [1.29, 1.82) is 0 Å². The molecule has 0 unspecified atom stereocenters. The summed E-state index contributed by atoms with van der Waals surface area (Å²) in [6.07, 6.45) is 8.05. The van der Waals surface area contributed by atoms with Crippen LogP contribution in [0.25, 0.3) is 32.7 Å². The third-order valence-electron chi connectivity index (χ3n) is 22.8. The molecular formula is C89H98Cl3F3N16O10. The summed E-state index contributed by atoms with van der Waals surface area (Å²) in [6, 6.07) is 27.8. The lowest BCUT2D eigenvalue weighted by atomic mass is 9.82. The summed E-state index contributed by atoms with van der Waals surface area (Å²) in [5, 5.41) is 36.5. The average Bonchev–Trinajstić information content (AvgIpc) is 0.753.